The average Bonchev–Trinajstić information content (AvgIpc) is 2.85. The second-order valence-corrected chi connectivity index (χ2v) is 7.64. The van der Waals surface area contributed by atoms with Crippen LogP contribution in [0.15, 0.2) is 53.7 Å². The fraction of sp³-hybridized carbons (Fsp3) is 0.133. The van der Waals surface area contributed by atoms with Crippen LogP contribution in [0.4, 0.5) is 0 Å². The van der Waals surface area contributed by atoms with Crippen LogP contribution in [-0.2, 0) is 16.4 Å². The molecule has 0 spiro atoms. The third kappa shape index (κ3) is 2.46. The first-order valence-electron chi connectivity index (χ1n) is 6.50. The lowest BCUT2D eigenvalue weighted by Gasteiger charge is -2.06. The lowest BCUT2D eigenvalue weighted by Crippen LogP contribution is -2.12. The summed E-state index contributed by atoms with van der Waals surface area (Å²) in [6.45, 7) is 2.05. The summed E-state index contributed by atoms with van der Waals surface area (Å²) in [4.78, 5) is 4.61. The molecule has 0 aliphatic rings. The molecule has 21 heavy (non-hydrogen) atoms. The lowest BCUT2D eigenvalue weighted by atomic mass is 10.2. The van der Waals surface area contributed by atoms with Crippen LogP contribution in [0.25, 0.3) is 11.0 Å². The molecule has 2 aromatic heterocycles. The van der Waals surface area contributed by atoms with Crippen LogP contribution in [0.2, 0.25) is 0 Å². The van der Waals surface area contributed by atoms with Crippen LogP contribution in [0.5, 0.6) is 0 Å². The number of benzene rings is 1. The van der Waals surface area contributed by atoms with Crippen LogP contribution in [-0.4, -0.2) is 17.4 Å². The zero-order chi connectivity index (χ0) is 15.0. The third-order valence-electron chi connectivity index (χ3n) is 3.33. The van der Waals surface area contributed by atoms with Crippen LogP contribution in [0.3, 0.4) is 0 Å². The molecule has 3 rings (SSSR count). The summed E-state index contributed by atoms with van der Waals surface area (Å²) >= 11 is 2.15. The van der Waals surface area contributed by atoms with Gasteiger partial charge in [0, 0.05) is 21.4 Å². The minimum absolute atomic E-state index is 0.264. The summed E-state index contributed by atoms with van der Waals surface area (Å²) in [5.41, 5.74) is 1.57. The number of nitrogens with zero attached hydrogens (tertiary/aromatic N) is 2. The van der Waals surface area contributed by atoms with E-state index in [1.165, 1.54) is 3.97 Å². The van der Waals surface area contributed by atoms with E-state index in [4.69, 9.17) is 0 Å². The van der Waals surface area contributed by atoms with Crippen molar-refractivity contribution in [1.82, 2.24) is 8.96 Å². The summed E-state index contributed by atoms with van der Waals surface area (Å²) in [5, 5.41) is 0.870. The molecule has 2 heterocycles. The zero-order valence-corrected chi connectivity index (χ0v) is 14.3. The Morgan fingerprint density at radius 3 is 2.62 bits per heavy atom. The van der Waals surface area contributed by atoms with Crippen LogP contribution < -0.4 is 0 Å². The van der Waals surface area contributed by atoms with Gasteiger partial charge in [0.2, 0.25) is 0 Å². The molecule has 0 saturated heterocycles. The first kappa shape index (κ1) is 14.5. The molecule has 0 saturated carbocycles. The van der Waals surface area contributed by atoms with Crippen molar-refractivity contribution in [3.05, 3.63) is 57.9 Å². The predicted octanol–water partition coefficient (Wildman–Crippen LogP) is 3.44. The summed E-state index contributed by atoms with van der Waals surface area (Å²) in [7, 11) is -3.61. The van der Waals surface area contributed by atoms with Crippen LogP contribution in [0, 0.1) is 3.57 Å². The lowest BCUT2D eigenvalue weighted by molar-refractivity contribution is 0.588. The highest BCUT2D eigenvalue weighted by atomic mass is 127. The van der Waals surface area contributed by atoms with Crippen molar-refractivity contribution in [1.29, 1.82) is 0 Å². The van der Waals surface area contributed by atoms with E-state index in [0.29, 0.717) is 5.65 Å². The minimum Gasteiger partial charge on any atom is -0.237 e. The van der Waals surface area contributed by atoms with E-state index in [1.54, 1.807) is 42.7 Å². The van der Waals surface area contributed by atoms with Crippen molar-refractivity contribution in [2.75, 3.05) is 0 Å². The van der Waals surface area contributed by atoms with Gasteiger partial charge < -0.3 is 0 Å². The van der Waals surface area contributed by atoms with Gasteiger partial charge in [0.25, 0.3) is 10.0 Å². The monoisotopic (exact) mass is 412 g/mol. The first-order chi connectivity index (χ1) is 10.0. The Morgan fingerprint density at radius 2 is 1.95 bits per heavy atom. The van der Waals surface area contributed by atoms with Gasteiger partial charge >= 0.3 is 0 Å². The van der Waals surface area contributed by atoms with Crippen molar-refractivity contribution in [3.63, 3.8) is 0 Å². The SMILES string of the molecule is CCc1cnc2c(c1)c(I)cn2S(=O)(=O)c1ccccc1. The molecule has 4 nitrogen and oxygen atoms in total. The zero-order valence-electron chi connectivity index (χ0n) is 11.3. The molecule has 0 aliphatic heterocycles. The van der Waals surface area contributed by atoms with Crippen molar-refractivity contribution in [2.45, 2.75) is 18.2 Å². The number of aromatic nitrogens is 2. The van der Waals surface area contributed by atoms with Gasteiger partial charge in [-0.2, -0.15) is 0 Å². The molecule has 0 bridgehead atoms. The van der Waals surface area contributed by atoms with E-state index >= 15 is 0 Å². The Bertz CT molecular complexity index is 902. The third-order valence-corrected chi connectivity index (χ3v) is 5.85. The second-order valence-electron chi connectivity index (χ2n) is 4.66. The normalized spacial score (nSPS) is 11.9. The van der Waals surface area contributed by atoms with Crippen molar-refractivity contribution in [3.8, 4) is 0 Å². The molecule has 0 N–H and O–H groups in total. The van der Waals surface area contributed by atoms with Crippen LogP contribution in [0.1, 0.15) is 12.5 Å². The van der Waals surface area contributed by atoms with Gasteiger partial charge in [0.15, 0.2) is 5.65 Å². The molecule has 0 aliphatic carbocycles. The van der Waals surface area contributed by atoms with E-state index in [1.807, 2.05) is 13.0 Å². The van der Waals surface area contributed by atoms with Crippen molar-refractivity contribution >= 4 is 43.6 Å². The maximum absolute atomic E-state index is 12.7. The first-order valence-corrected chi connectivity index (χ1v) is 9.02. The highest BCUT2D eigenvalue weighted by Gasteiger charge is 2.21. The van der Waals surface area contributed by atoms with E-state index in [0.717, 1.165) is 20.9 Å². The summed E-state index contributed by atoms with van der Waals surface area (Å²) < 4.78 is 27.6. The number of hydrogen-bond acceptors (Lipinski definition) is 3. The van der Waals surface area contributed by atoms with E-state index < -0.39 is 10.0 Å². The van der Waals surface area contributed by atoms with E-state index in [2.05, 4.69) is 27.6 Å². The van der Waals surface area contributed by atoms with Gasteiger partial charge in [-0.1, -0.05) is 25.1 Å². The standard InChI is InChI=1S/C15H13IN2O2S/c1-2-11-8-13-14(16)10-18(15(13)17-9-11)21(19,20)12-6-4-3-5-7-12/h3-10H,2H2,1H3. The Morgan fingerprint density at radius 1 is 1.24 bits per heavy atom. The molecule has 3 aromatic rings. The molecule has 0 unspecified atom stereocenters. The number of halogens is 1. The highest BCUT2D eigenvalue weighted by molar-refractivity contribution is 14.1. The summed E-state index contributed by atoms with van der Waals surface area (Å²) in [6, 6.07) is 10.4. The van der Waals surface area contributed by atoms with E-state index in [9.17, 15) is 8.42 Å². The Balaban J connectivity index is 2.27. The second kappa shape index (κ2) is 5.42. The van der Waals surface area contributed by atoms with Crippen molar-refractivity contribution in [2.24, 2.45) is 0 Å². The average molecular weight is 412 g/mol. The van der Waals surface area contributed by atoms with Gasteiger partial charge in [0.1, 0.15) is 0 Å². The van der Waals surface area contributed by atoms with Gasteiger partial charge in [0.05, 0.1) is 4.90 Å². The summed E-state index contributed by atoms with van der Waals surface area (Å²) in [5.74, 6) is 0. The molecule has 1 aromatic carbocycles. The van der Waals surface area contributed by atoms with Crippen molar-refractivity contribution < 1.29 is 8.42 Å². The highest BCUT2D eigenvalue weighted by Crippen LogP contribution is 2.26. The predicted molar refractivity (Wildman–Crippen MR) is 90.9 cm³/mol. The largest absolute Gasteiger partial charge is 0.269 e. The van der Waals surface area contributed by atoms with Gasteiger partial charge in [-0.3, -0.25) is 0 Å². The Kier molecular flexibility index (Phi) is 3.75. The molecule has 0 radical (unpaired) electrons. The molecule has 108 valence electrons. The maximum Gasteiger partial charge on any atom is 0.269 e. The van der Waals surface area contributed by atoms with Crippen LogP contribution >= 0.6 is 22.6 Å². The van der Waals surface area contributed by atoms with Gasteiger partial charge in [-0.15, -0.1) is 0 Å². The van der Waals surface area contributed by atoms with Gasteiger partial charge in [-0.05, 0) is 52.8 Å². The number of rotatable bonds is 3. The minimum atomic E-state index is -3.61. The summed E-state index contributed by atoms with van der Waals surface area (Å²) in [6.07, 6.45) is 4.23. The number of aryl methyl sites for hydroxylation is 1. The molecule has 0 atom stereocenters. The maximum atomic E-state index is 12.7. The number of fused-ring (bicyclic) bond motifs is 1. The smallest absolute Gasteiger partial charge is 0.237 e. The topological polar surface area (TPSA) is 52.0 Å². The fourth-order valence-corrected chi connectivity index (χ4v) is 4.38. The Labute approximate surface area is 137 Å². The molecule has 6 heteroatoms. The van der Waals surface area contributed by atoms with Gasteiger partial charge in [-0.25, -0.2) is 17.4 Å². The number of hydrogen-bond donors (Lipinski definition) is 0. The quantitative estimate of drug-likeness (QED) is 0.620. The molecular formula is C15H13IN2O2S. The molecule has 0 fully saturated rings. The molecular weight excluding hydrogens is 399 g/mol. The fourth-order valence-electron chi connectivity index (χ4n) is 2.17. The number of pyridine rings is 1. The van der Waals surface area contributed by atoms with E-state index in [-0.39, 0.29) is 4.90 Å². The molecule has 0 amide bonds. The Hall–Kier alpha value is -1.41.